The summed E-state index contributed by atoms with van der Waals surface area (Å²) in [5.41, 5.74) is 11.2. The van der Waals surface area contributed by atoms with Gasteiger partial charge in [-0.15, -0.1) is 0 Å². The molecule has 0 N–H and O–H groups in total. The van der Waals surface area contributed by atoms with Crippen LogP contribution in [0.15, 0.2) is 142 Å². The van der Waals surface area contributed by atoms with E-state index in [9.17, 15) is 16.8 Å². The zero-order valence-electron chi connectivity index (χ0n) is 26.5. The van der Waals surface area contributed by atoms with E-state index < -0.39 is 19.7 Å². The Morgan fingerprint density at radius 1 is 0.469 bits per heavy atom. The number of nitrogens with zero attached hydrogens (tertiary/aromatic N) is 1. The van der Waals surface area contributed by atoms with E-state index in [4.69, 9.17) is 0 Å². The number of aromatic nitrogens is 1. The van der Waals surface area contributed by atoms with Crippen LogP contribution >= 0.6 is 0 Å². The molecule has 0 saturated heterocycles. The minimum atomic E-state index is -3.44. The lowest BCUT2D eigenvalue weighted by molar-refractivity contribution is 0.604. The minimum absolute atomic E-state index is 0.371. The lowest BCUT2D eigenvalue weighted by atomic mass is 9.97. The fraction of sp³-hybridized carbons (Fsp3) is 0.0476. The number of hydrogen-bond acceptors (Lipinski definition) is 4. The molecule has 0 aliphatic carbocycles. The Labute approximate surface area is 284 Å². The van der Waals surface area contributed by atoms with Crippen molar-refractivity contribution >= 4 is 53.6 Å². The molecule has 2 aliphatic rings. The molecule has 7 aromatic rings. The van der Waals surface area contributed by atoms with Crippen LogP contribution in [0.1, 0.15) is 18.1 Å². The van der Waals surface area contributed by atoms with Crippen LogP contribution in [0.25, 0.3) is 78.5 Å². The van der Waals surface area contributed by atoms with Crippen LogP contribution in [0.4, 0.5) is 0 Å². The number of benzene rings is 6. The van der Waals surface area contributed by atoms with Gasteiger partial charge in [0.25, 0.3) is 0 Å². The standard InChI is InChI=1S/C42H29NO4S2/c1-2-43-39-19-17-33(27-9-13-29(14-10-27)35-7-3-5-31-21-23-48(44,45)41(31)35)25-37(39)38-26-34(18-20-40(38)43)28-11-15-30(16-12-28)36-8-4-6-32-22-24-49(46,47)42(32)36/h3-26H,2H2,1H3. The zero-order valence-corrected chi connectivity index (χ0v) is 28.1. The Morgan fingerprint density at radius 3 is 1.27 bits per heavy atom. The molecule has 0 fully saturated rings. The maximum Gasteiger partial charge on any atom is 0.201 e. The first kappa shape index (κ1) is 29.6. The maximum absolute atomic E-state index is 12.7. The van der Waals surface area contributed by atoms with Crippen LogP contribution in [0, 0.1) is 0 Å². The van der Waals surface area contributed by atoms with E-state index in [2.05, 4.69) is 72.2 Å². The summed E-state index contributed by atoms with van der Waals surface area (Å²) >= 11 is 0. The van der Waals surface area contributed by atoms with Crippen LogP contribution in [-0.4, -0.2) is 21.4 Å². The van der Waals surface area contributed by atoms with E-state index in [0.29, 0.717) is 20.9 Å². The Balaban J connectivity index is 1.09. The molecular formula is C42H29NO4S2. The van der Waals surface area contributed by atoms with E-state index in [1.165, 1.54) is 10.8 Å². The molecule has 0 radical (unpaired) electrons. The normalized spacial score (nSPS) is 15.2. The van der Waals surface area contributed by atoms with E-state index in [0.717, 1.165) is 72.9 Å². The molecular weight excluding hydrogens is 647 g/mol. The molecule has 0 bridgehead atoms. The molecule has 1 aromatic heterocycles. The highest BCUT2D eigenvalue weighted by Crippen LogP contribution is 2.40. The van der Waals surface area contributed by atoms with Crippen molar-refractivity contribution in [3.05, 3.63) is 143 Å². The van der Waals surface area contributed by atoms with Gasteiger partial charge in [0.2, 0.25) is 19.7 Å². The summed E-state index contributed by atoms with van der Waals surface area (Å²) in [6.07, 6.45) is 3.32. The van der Waals surface area contributed by atoms with Crippen LogP contribution < -0.4 is 0 Å². The predicted molar refractivity (Wildman–Crippen MR) is 199 cm³/mol. The number of rotatable bonds is 5. The van der Waals surface area contributed by atoms with E-state index in [1.807, 2.05) is 60.7 Å². The Kier molecular flexibility index (Phi) is 6.50. The quantitative estimate of drug-likeness (QED) is 0.182. The number of fused-ring (bicyclic) bond motifs is 5. The summed E-state index contributed by atoms with van der Waals surface area (Å²) in [7, 11) is -6.89. The summed E-state index contributed by atoms with van der Waals surface area (Å²) in [4.78, 5) is 0.742. The van der Waals surface area contributed by atoms with Crippen LogP contribution in [0.2, 0.25) is 0 Å². The smallest absolute Gasteiger partial charge is 0.201 e. The van der Waals surface area contributed by atoms with Gasteiger partial charge >= 0.3 is 0 Å². The van der Waals surface area contributed by atoms with Gasteiger partial charge in [-0.1, -0.05) is 97.1 Å². The highest BCUT2D eigenvalue weighted by atomic mass is 32.2. The van der Waals surface area contributed by atoms with Gasteiger partial charge in [-0.2, -0.15) is 0 Å². The highest BCUT2D eigenvalue weighted by Gasteiger charge is 2.26. The van der Waals surface area contributed by atoms with Crippen molar-refractivity contribution in [2.75, 3.05) is 0 Å². The van der Waals surface area contributed by atoms with Gasteiger partial charge in [-0.3, -0.25) is 0 Å². The molecule has 0 saturated carbocycles. The molecule has 0 spiro atoms. The molecule has 49 heavy (non-hydrogen) atoms. The molecule has 238 valence electrons. The first-order valence-electron chi connectivity index (χ1n) is 16.1. The predicted octanol–water partition coefficient (Wildman–Crippen LogP) is 10.00. The number of sulfone groups is 2. The molecule has 5 nitrogen and oxygen atoms in total. The molecule has 0 unspecified atom stereocenters. The lowest BCUT2D eigenvalue weighted by Crippen LogP contribution is -1.97. The maximum atomic E-state index is 12.7. The van der Waals surface area contributed by atoms with Crippen molar-refractivity contribution in [2.24, 2.45) is 0 Å². The third-order valence-electron chi connectivity index (χ3n) is 9.75. The van der Waals surface area contributed by atoms with Crippen LogP contribution in [0.3, 0.4) is 0 Å². The zero-order chi connectivity index (χ0) is 33.5. The molecule has 0 atom stereocenters. The molecule has 7 heteroatoms. The van der Waals surface area contributed by atoms with Gasteiger partial charge in [0, 0.05) is 50.3 Å². The average molecular weight is 676 g/mol. The summed E-state index contributed by atoms with van der Waals surface area (Å²) in [5.74, 6) is 0. The largest absolute Gasteiger partial charge is 0.341 e. The lowest BCUT2D eigenvalue weighted by Gasteiger charge is -2.10. The SMILES string of the molecule is CCn1c2ccc(-c3ccc(-c4cccc5c4S(=O)(=O)C=C5)cc3)cc2c2cc(-c3ccc(-c4cccc5c4S(=O)(=O)C=C5)cc3)ccc21. The summed E-state index contributed by atoms with van der Waals surface area (Å²) in [6, 6.07) is 40.5. The summed E-state index contributed by atoms with van der Waals surface area (Å²) in [6.45, 7) is 2.99. The van der Waals surface area contributed by atoms with E-state index >= 15 is 0 Å². The fourth-order valence-electron chi connectivity index (χ4n) is 7.41. The van der Waals surface area contributed by atoms with Crippen molar-refractivity contribution in [2.45, 2.75) is 23.3 Å². The van der Waals surface area contributed by atoms with Crippen LogP contribution in [-0.2, 0) is 26.2 Å². The minimum Gasteiger partial charge on any atom is -0.341 e. The Morgan fingerprint density at radius 2 is 0.857 bits per heavy atom. The molecule has 3 heterocycles. The van der Waals surface area contributed by atoms with Crippen LogP contribution in [0.5, 0.6) is 0 Å². The summed E-state index contributed by atoms with van der Waals surface area (Å²) in [5, 5.41) is 4.87. The third kappa shape index (κ3) is 4.65. The Hall–Kier alpha value is -5.50. The molecule has 2 aliphatic heterocycles. The van der Waals surface area contributed by atoms with Crippen molar-refractivity contribution in [3.8, 4) is 44.5 Å². The number of aryl methyl sites for hydroxylation is 1. The molecule has 0 amide bonds. The van der Waals surface area contributed by atoms with Gasteiger partial charge in [0.1, 0.15) is 0 Å². The van der Waals surface area contributed by atoms with Crippen molar-refractivity contribution in [3.63, 3.8) is 0 Å². The highest BCUT2D eigenvalue weighted by molar-refractivity contribution is 7.95. The van der Waals surface area contributed by atoms with Gasteiger partial charge in [0.05, 0.1) is 9.79 Å². The first-order valence-corrected chi connectivity index (χ1v) is 19.2. The van der Waals surface area contributed by atoms with Gasteiger partial charge < -0.3 is 4.57 Å². The number of hydrogen-bond donors (Lipinski definition) is 0. The average Bonchev–Trinajstić information content (AvgIpc) is 3.75. The third-order valence-corrected chi connectivity index (χ3v) is 12.8. The van der Waals surface area contributed by atoms with Crippen molar-refractivity contribution in [1.82, 2.24) is 4.57 Å². The van der Waals surface area contributed by atoms with E-state index in [-0.39, 0.29) is 0 Å². The summed E-state index contributed by atoms with van der Waals surface area (Å²) < 4.78 is 53.3. The monoisotopic (exact) mass is 675 g/mol. The topological polar surface area (TPSA) is 73.2 Å². The van der Waals surface area contributed by atoms with E-state index in [1.54, 1.807) is 12.2 Å². The second-order valence-electron chi connectivity index (χ2n) is 12.5. The fourth-order valence-corrected chi connectivity index (χ4v) is 10.2. The molecule has 6 aromatic carbocycles. The van der Waals surface area contributed by atoms with Crippen molar-refractivity contribution in [1.29, 1.82) is 0 Å². The van der Waals surface area contributed by atoms with Gasteiger partial charge in [-0.25, -0.2) is 16.8 Å². The van der Waals surface area contributed by atoms with Crippen molar-refractivity contribution < 1.29 is 16.8 Å². The second-order valence-corrected chi connectivity index (χ2v) is 16.0. The van der Waals surface area contributed by atoms with Gasteiger partial charge in [0.15, 0.2) is 0 Å². The van der Waals surface area contributed by atoms with Gasteiger partial charge in [-0.05, 0) is 87.8 Å². The second kappa shape index (κ2) is 10.8. The Bertz CT molecular complexity index is 2610. The molecule has 9 rings (SSSR count). The first-order chi connectivity index (χ1) is 23.7.